The van der Waals surface area contributed by atoms with Gasteiger partial charge >= 0.3 is 0 Å². The lowest BCUT2D eigenvalue weighted by Crippen LogP contribution is -2.46. The van der Waals surface area contributed by atoms with Gasteiger partial charge in [-0.05, 0) is 37.5 Å². The zero-order chi connectivity index (χ0) is 17.8. The summed E-state index contributed by atoms with van der Waals surface area (Å²) in [7, 11) is 0. The topological polar surface area (TPSA) is 41.6 Å². The molecule has 1 aliphatic rings. The number of anilines is 1. The molecule has 0 radical (unpaired) electrons. The molecule has 0 bridgehead atoms. The highest BCUT2D eigenvalue weighted by atomic mass is 16.5. The Hall–Kier alpha value is -2.17. The van der Waals surface area contributed by atoms with E-state index in [1.54, 1.807) is 0 Å². The van der Waals surface area contributed by atoms with Crippen molar-refractivity contribution in [1.29, 1.82) is 0 Å². The Balaban J connectivity index is 1.64. The van der Waals surface area contributed by atoms with E-state index in [9.17, 15) is 4.79 Å². The van der Waals surface area contributed by atoms with E-state index in [1.165, 1.54) is 0 Å². The average Bonchev–Trinajstić information content (AvgIpc) is 2.58. The Kier molecular flexibility index (Phi) is 5.51. The molecule has 1 amide bonds. The lowest BCUT2D eigenvalue weighted by molar-refractivity contribution is -0.122. The third kappa shape index (κ3) is 4.47. The van der Waals surface area contributed by atoms with Gasteiger partial charge in [0.1, 0.15) is 0 Å². The number of hydrogen-bond acceptors (Lipinski definition) is 3. The fraction of sp³-hybridized carbons (Fsp3) is 0.381. The zero-order valence-corrected chi connectivity index (χ0v) is 15.2. The van der Waals surface area contributed by atoms with Crippen molar-refractivity contribution in [2.75, 3.05) is 25.0 Å². The van der Waals surface area contributed by atoms with Crippen LogP contribution in [-0.4, -0.2) is 36.5 Å². The largest absolute Gasteiger partial charge is 0.368 e. The Labute approximate surface area is 149 Å². The van der Waals surface area contributed by atoms with Gasteiger partial charge in [-0.15, -0.1) is 0 Å². The molecule has 4 heteroatoms. The fourth-order valence-electron chi connectivity index (χ4n) is 3.41. The van der Waals surface area contributed by atoms with Crippen LogP contribution in [0.1, 0.15) is 29.7 Å². The van der Waals surface area contributed by atoms with Gasteiger partial charge < -0.3 is 10.1 Å². The van der Waals surface area contributed by atoms with E-state index in [2.05, 4.69) is 29.3 Å². The highest BCUT2D eigenvalue weighted by Crippen LogP contribution is 2.25. The number of benzene rings is 2. The van der Waals surface area contributed by atoms with Crippen LogP contribution in [0.2, 0.25) is 0 Å². The van der Waals surface area contributed by atoms with Crippen LogP contribution in [0.15, 0.2) is 48.5 Å². The Morgan fingerprint density at radius 1 is 1.08 bits per heavy atom. The molecule has 1 aliphatic heterocycles. The van der Waals surface area contributed by atoms with Crippen molar-refractivity contribution in [3.8, 4) is 0 Å². The number of rotatable bonds is 4. The van der Waals surface area contributed by atoms with Gasteiger partial charge in [0.15, 0.2) is 0 Å². The first-order valence-electron chi connectivity index (χ1n) is 8.81. The van der Waals surface area contributed by atoms with Crippen molar-refractivity contribution in [2.24, 2.45) is 0 Å². The average molecular weight is 338 g/mol. The third-order valence-corrected chi connectivity index (χ3v) is 4.62. The second-order valence-electron chi connectivity index (χ2n) is 6.86. The van der Waals surface area contributed by atoms with Crippen LogP contribution in [0.25, 0.3) is 0 Å². The van der Waals surface area contributed by atoms with E-state index in [0.29, 0.717) is 6.54 Å². The number of carbonyl (C=O) groups excluding carboxylic acids is 1. The van der Waals surface area contributed by atoms with Crippen LogP contribution >= 0.6 is 0 Å². The Bertz CT molecular complexity index is 710. The van der Waals surface area contributed by atoms with Gasteiger partial charge in [-0.1, -0.05) is 48.5 Å². The Morgan fingerprint density at radius 3 is 2.44 bits per heavy atom. The molecule has 3 rings (SSSR count). The number of ether oxygens (including phenoxy) is 1. The van der Waals surface area contributed by atoms with Gasteiger partial charge in [-0.25, -0.2) is 0 Å². The molecule has 4 nitrogen and oxygen atoms in total. The minimum Gasteiger partial charge on any atom is -0.368 e. The standard InChI is InChI=1S/C21H26N2O2/c1-15-8-7-9-16(2)21(15)22-20(24)14-23-12-17(3)25-19(13-23)18-10-5-4-6-11-18/h4-11,17,19H,12-14H2,1-3H3,(H,22,24)/t17-,19+/m1/s1. The van der Waals surface area contributed by atoms with Crippen molar-refractivity contribution in [3.63, 3.8) is 0 Å². The molecule has 1 saturated heterocycles. The van der Waals surface area contributed by atoms with Crippen LogP contribution in [0, 0.1) is 13.8 Å². The van der Waals surface area contributed by atoms with Crippen LogP contribution < -0.4 is 5.32 Å². The molecular weight excluding hydrogens is 312 g/mol. The number of aryl methyl sites for hydroxylation is 2. The van der Waals surface area contributed by atoms with Crippen molar-refractivity contribution < 1.29 is 9.53 Å². The molecule has 1 N–H and O–H groups in total. The maximum absolute atomic E-state index is 12.5. The van der Waals surface area contributed by atoms with Gasteiger partial charge in [0, 0.05) is 18.8 Å². The lowest BCUT2D eigenvalue weighted by atomic mass is 10.1. The quantitative estimate of drug-likeness (QED) is 0.924. The summed E-state index contributed by atoms with van der Waals surface area (Å²) in [5.41, 5.74) is 4.26. The van der Waals surface area contributed by atoms with Gasteiger partial charge in [0.25, 0.3) is 0 Å². The molecule has 1 heterocycles. The Morgan fingerprint density at radius 2 is 1.76 bits per heavy atom. The second-order valence-corrected chi connectivity index (χ2v) is 6.86. The van der Waals surface area contributed by atoms with E-state index in [0.717, 1.165) is 35.5 Å². The smallest absolute Gasteiger partial charge is 0.238 e. The monoisotopic (exact) mass is 338 g/mol. The maximum Gasteiger partial charge on any atom is 0.238 e. The fourth-order valence-corrected chi connectivity index (χ4v) is 3.41. The first-order valence-corrected chi connectivity index (χ1v) is 8.81. The molecule has 0 aliphatic carbocycles. The van der Waals surface area contributed by atoms with Crippen LogP contribution in [0.5, 0.6) is 0 Å². The summed E-state index contributed by atoms with van der Waals surface area (Å²) in [5.74, 6) is 0.0262. The van der Waals surface area contributed by atoms with E-state index in [-0.39, 0.29) is 18.1 Å². The highest BCUT2D eigenvalue weighted by molar-refractivity contribution is 5.93. The van der Waals surface area contributed by atoms with Crippen molar-refractivity contribution in [3.05, 3.63) is 65.2 Å². The summed E-state index contributed by atoms with van der Waals surface area (Å²) in [5, 5.41) is 3.07. The van der Waals surface area contributed by atoms with E-state index in [1.807, 2.05) is 50.2 Å². The summed E-state index contributed by atoms with van der Waals surface area (Å²) < 4.78 is 6.07. The third-order valence-electron chi connectivity index (χ3n) is 4.62. The second kappa shape index (κ2) is 7.81. The predicted molar refractivity (Wildman–Crippen MR) is 101 cm³/mol. The van der Waals surface area contributed by atoms with Crippen LogP contribution in [0.4, 0.5) is 5.69 Å². The molecule has 0 saturated carbocycles. The van der Waals surface area contributed by atoms with Gasteiger partial charge in [-0.3, -0.25) is 9.69 Å². The normalized spacial score (nSPS) is 21.1. The molecule has 1 fully saturated rings. The summed E-state index contributed by atoms with van der Waals surface area (Å²) >= 11 is 0. The summed E-state index contributed by atoms with van der Waals surface area (Å²) in [6.45, 7) is 7.98. The number of carbonyl (C=O) groups is 1. The predicted octanol–water partition coefficient (Wildman–Crippen LogP) is 3.70. The summed E-state index contributed by atoms with van der Waals surface area (Å²) in [6.07, 6.45) is 0.116. The minimum absolute atomic E-state index is 0.0120. The first kappa shape index (κ1) is 17.6. The van der Waals surface area contributed by atoms with Crippen molar-refractivity contribution in [1.82, 2.24) is 4.90 Å². The molecular formula is C21H26N2O2. The highest BCUT2D eigenvalue weighted by Gasteiger charge is 2.27. The molecule has 132 valence electrons. The molecule has 0 unspecified atom stereocenters. The molecule has 2 aromatic carbocycles. The van der Waals surface area contributed by atoms with Gasteiger partial charge in [0.05, 0.1) is 18.8 Å². The van der Waals surface area contributed by atoms with Crippen molar-refractivity contribution in [2.45, 2.75) is 33.0 Å². The summed E-state index contributed by atoms with van der Waals surface area (Å²) in [6, 6.07) is 16.3. The molecule has 2 atom stereocenters. The van der Waals surface area contributed by atoms with E-state index in [4.69, 9.17) is 4.74 Å². The summed E-state index contributed by atoms with van der Waals surface area (Å²) in [4.78, 5) is 14.7. The van der Waals surface area contributed by atoms with E-state index >= 15 is 0 Å². The number of morpholine rings is 1. The number of para-hydroxylation sites is 1. The number of hydrogen-bond donors (Lipinski definition) is 1. The molecule has 2 aromatic rings. The van der Waals surface area contributed by atoms with Gasteiger partial charge in [0.2, 0.25) is 5.91 Å². The SMILES string of the molecule is Cc1cccc(C)c1NC(=O)CN1C[C@@H](C)O[C@H](c2ccccc2)C1. The zero-order valence-electron chi connectivity index (χ0n) is 15.2. The number of amides is 1. The van der Waals surface area contributed by atoms with E-state index < -0.39 is 0 Å². The molecule has 25 heavy (non-hydrogen) atoms. The van der Waals surface area contributed by atoms with Gasteiger partial charge in [-0.2, -0.15) is 0 Å². The number of nitrogens with one attached hydrogen (secondary N) is 1. The van der Waals surface area contributed by atoms with Crippen molar-refractivity contribution >= 4 is 11.6 Å². The molecule has 0 spiro atoms. The van der Waals surface area contributed by atoms with Crippen LogP contribution in [0.3, 0.4) is 0 Å². The number of nitrogens with zero attached hydrogens (tertiary/aromatic N) is 1. The van der Waals surface area contributed by atoms with Crippen LogP contribution in [-0.2, 0) is 9.53 Å². The first-order chi connectivity index (χ1) is 12.0. The molecule has 0 aromatic heterocycles. The lowest BCUT2D eigenvalue weighted by Gasteiger charge is -2.36. The maximum atomic E-state index is 12.5. The minimum atomic E-state index is 0.0120.